The fraction of sp³-hybridized carbons (Fsp3) is 0.647. The van der Waals surface area contributed by atoms with Gasteiger partial charge in [-0.2, -0.15) is 0 Å². The minimum atomic E-state index is 0.365. The molecule has 0 amide bonds. The zero-order valence-corrected chi connectivity index (χ0v) is 14.6. The van der Waals surface area contributed by atoms with E-state index in [0.29, 0.717) is 16.1 Å². The Bertz CT molecular complexity index is 442. The number of piperidine rings is 1. The maximum absolute atomic E-state index is 6.13. The molecule has 1 heterocycles. The van der Waals surface area contributed by atoms with Crippen molar-refractivity contribution in [2.24, 2.45) is 5.92 Å². The second-order valence-corrected chi connectivity index (χ2v) is 6.73. The highest BCUT2D eigenvalue weighted by molar-refractivity contribution is 6.42. The van der Waals surface area contributed by atoms with Crippen LogP contribution in [0.5, 0.6) is 0 Å². The summed E-state index contributed by atoms with van der Waals surface area (Å²) in [5, 5.41) is 4.99. The number of nitrogens with one attached hydrogen (secondary N) is 1. The van der Waals surface area contributed by atoms with Crippen LogP contribution in [0.2, 0.25) is 10.0 Å². The lowest BCUT2D eigenvalue weighted by molar-refractivity contribution is 0.187. The van der Waals surface area contributed by atoms with E-state index >= 15 is 0 Å². The summed E-state index contributed by atoms with van der Waals surface area (Å²) >= 11 is 12.1. The SMILES string of the molecule is CCC(NCC1CCN(CC)CC1)c1ccc(Cl)c(Cl)c1. The van der Waals surface area contributed by atoms with E-state index in [1.807, 2.05) is 12.1 Å². The number of nitrogens with zero attached hydrogens (tertiary/aromatic N) is 1. The molecule has 0 radical (unpaired) electrons. The van der Waals surface area contributed by atoms with Gasteiger partial charge in [-0.25, -0.2) is 0 Å². The molecule has 1 saturated heterocycles. The van der Waals surface area contributed by atoms with Gasteiger partial charge < -0.3 is 10.2 Å². The minimum absolute atomic E-state index is 0.365. The summed E-state index contributed by atoms with van der Waals surface area (Å²) in [4.78, 5) is 2.53. The predicted molar refractivity (Wildman–Crippen MR) is 92.3 cm³/mol. The van der Waals surface area contributed by atoms with E-state index in [9.17, 15) is 0 Å². The van der Waals surface area contributed by atoms with Crippen LogP contribution in [0.4, 0.5) is 0 Å². The summed E-state index contributed by atoms with van der Waals surface area (Å²) < 4.78 is 0. The van der Waals surface area contributed by atoms with E-state index in [-0.39, 0.29) is 0 Å². The normalized spacial score (nSPS) is 18.9. The summed E-state index contributed by atoms with van der Waals surface area (Å²) in [5.74, 6) is 0.796. The molecule has 21 heavy (non-hydrogen) atoms. The molecule has 1 aromatic rings. The second-order valence-electron chi connectivity index (χ2n) is 5.92. The summed E-state index contributed by atoms with van der Waals surface area (Å²) in [6.07, 6.45) is 3.67. The third kappa shape index (κ3) is 4.85. The molecule has 0 bridgehead atoms. The van der Waals surface area contributed by atoms with Gasteiger partial charge in [-0.15, -0.1) is 0 Å². The van der Waals surface area contributed by atoms with Crippen molar-refractivity contribution < 1.29 is 0 Å². The molecule has 4 heteroatoms. The first kappa shape index (κ1) is 17.1. The number of hydrogen-bond acceptors (Lipinski definition) is 2. The predicted octanol–water partition coefficient (Wildman–Crippen LogP) is 4.77. The summed E-state index contributed by atoms with van der Waals surface area (Å²) in [6.45, 7) is 9.21. The van der Waals surface area contributed by atoms with E-state index in [0.717, 1.165) is 18.9 Å². The highest BCUT2D eigenvalue weighted by atomic mass is 35.5. The van der Waals surface area contributed by atoms with Gasteiger partial charge in [0.1, 0.15) is 0 Å². The topological polar surface area (TPSA) is 15.3 Å². The first-order valence-corrected chi connectivity index (χ1v) is 8.80. The lowest BCUT2D eigenvalue weighted by atomic mass is 9.95. The number of rotatable bonds is 6. The molecule has 0 spiro atoms. The molecule has 2 rings (SSSR count). The molecule has 118 valence electrons. The van der Waals surface area contributed by atoms with Crippen LogP contribution < -0.4 is 5.32 Å². The third-order valence-corrected chi connectivity index (χ3v) is 5.30. The van der Waals surface area contributed by atoms with Crippen molar-refractivity contribution >= 4 is 23.2 Å². The Morgan fingerprint density at radius 1 is 1.19 bits per heavy atom. The average Bonchev–Trinajstić information content (AvgIpc) is 2.52. The van der Waals surface area contributed by atoms with E-state index in [2.05, 4.69) is 30.1 Å². The zero-order chi connectivity index (χ0) is 15.2. The number of likely N-dealkylation sites (tertiary alicyclic amines) is 1. The zero-order valence-electron chi connectivity index (χ0n) is 13.0. The highest BCUT2D eigenvalue weighted by Gasteiger charge is 2.19. The first-order valence-electron chi connectivity index (χ1n) is 8.04. The largest absolute Gasteiger partial charge is 0.310 e. The molecule has 1 aliphatic rings. The van der Waals surface area contributed by atoms with Crippen molar-refractivity contribution in [2.75, 3.05) is 26.2 Å². The molecule has 1 N–H and O–H groups in total. The fourth-order valence-corrected chi connectivity index (χ4v) is 3.35. The maximum atomic E-state index is 6.13. The highest BCUT2D eigenvalue weighted by Crippen LogP contribution is 2.27. The summed E-state index contributed by atoms with van der Waals surface area (Å²) in [6, 6.07) is 6.33. The molecule has 0 aliphatic carbocycles. The Morgan fingerprint density at radius 2 is 1.90 bits per heavy atom. The summed E-state index contributed by atoms with van der Waals surface area (Å²) in [7, 11) is 0. The van der Waals surface area contributed by atoms with Crippen molar-refractivity contribution in [1.29, 1.82) is 0 Å². The number of benzene rings is 1. The van der Waals surface area contributed by atoms with Gasteiger partial charge >= 0.3 is 0 Å². The number of halogens is 2. The van der Waals surface area contributed by atoms with Crippen LogP contribution >= 0.6 is 23.2 Å². The van der Waals surface area contributed by atoms with Crippen LogP contribution in [0, 0.1) is 5.92 Å². The van der Waals surface area contributed by atoms with Crippen LogP contribution in [0.25, 0.3) is 0 Å². The van der Waals surface area contributed by atoms with Crippen molar-refractivity contribution in [1.82, 2.24) is 10.2 Å². The molecule has 2 nitrogen and oxygen atoms in total. The minimum Gasteiger partial charge on any atom is -0.310 e. The van der Waals surface area contributed by atoms with Crippen LogP contribution in [0.15, 0.2) is 18.2 Å². The molecule has 1 aromatic carbocycles. The molecular weight excluding hydrogens is 303 g/mol. The van der Waals surface area contributed by atoms with Gasteiger partial charge in [0.05, 0.1) is 10.0 Å². The number of hydrogen-bond donors (Lipinski definition) is 1. The summed E-state index contributed by atoms with van der Waals surface area (Å²) in [5.41, 5.74) is 1.23. The van der Waals surface area contributed by atoms with Gasteiger partial charge in [0.2, 0.25) is 0 Å². The fourth-order valence-electron chi connectivity index (χ4n) is 3.04. The lowest BCUT2D eigenvalue weighted by Crippen LogP contribution is -2.37. The van der Waals surface area contributed by atoms with E-state index < -0.39 is 0 Å². The van der Waals surface area contributed by atoms with Crippen LogP contribution in [-0.4, -0.2) is 31.1 Å². The maximum Gasteiger partial charge on any atom is 0.0595 e. The van der Waals surface area contributed by atoms with Crippen molar-refractivity contribution in [3.63, 3.8) is 0 Å². The van der Waals surface area contributed by atoms with Crippen LogP contribution in [0.3, 0.4) is 0 Å². The average molecular weight is 329 g/mol. The Balaban J connectivity index is 1.86. The Morgan fingerprint density at radius 3 is 2.48 bits per heavy atom. The Labute approximate surface area is 138 Å². The second kappa shape index (κ2) is 8.38. The monoisotopic (exact) mass is 328 g/mol. The van der Waals surface area contributed by atoms with E-state index in [1.54, 1.807) is 0 Å². The third-order valence-electron chi connectivity index (χ3n) is 4.56. The first-order chi connectivity index (χ1) is 10.1. The standard InChI is InChI=1S/C17H26Cl2N2/c1-3-17(14-5-6-15(18)16(19)11-14)20-12-13-7-9-21(4-2)10-8-13/h5-6,11,13,17,20H,3-4,7-10,12H2,1-2H3. The molecule has 0 aromatic heterocycles. The molecule has 1 fully saturated rings. The molecule has 0 saturated carbocycles. The van der Waals surface area contributed by atoms with Crippen molar-refractivity contribution in [3.05, 3.63) is 33.8 Å². The van der Waals surface area contributed by atoms with Crippen LogP contribution in [0.1, 0.15) is 44.7 Å². The molecular formula is C17H26Cl2N2. The van der Waals surface area contributed by atoms with Crippen molar-refractivity contribution in [2.45, 2.75) is 39.2 Å². The molecule has 1 unspecified atom stereocenters. The van der Waals surface area contributed by atoms with Gasteiger partial charge in [-0.3, -0.25) is 0 Å². The molecule has 1 aliphatic heterocycles. The van der Waals surface area contributed by atoms with E-state index in [1.165, 1.54) is 38.0 Å². The van der Waals surface area contributed by atoms with Gasteiger partial charge in [0.15, 0.2) is 0 Å². The van der Waals surface area contributed by atoms with Gasteiger partial charge in [-0.1, -0.05) is 43.1 Å². The van der Waals surface area contributed by atoms with Gasteiger partial charge in [-0.05, 0) is 69.1 Å². The lowest BCUT2D eigenvalue weighted by Gasteiger charge is -2.32. The van der Waals surface area contributed by atoms with Crippen molar-refractivity contribution in [3.8, 4) is 0 Å². The smallest absolute Gasteiger partial charge is 0.0595 e. The van der Waals surface area contributed by atoms with Crippen LogP contribution in [-0.2, 0) is 0 Å². The quantitative estimate of drug-likeness (QED) is 0.809. The van der Waals surface area contributed by atoms with Gasteiger partial charge in [0.25, 0.3) is 0 Å². The Kier molecular flexibility index (Phi) is 6.81. The van der Waals surface area contributed by atoms with Gasteiger partial charge in [0, 0.05) is 6.04 Å². The molecule has 1 atom stereocenters. The Hall–Kier alpha value is -0.280. The van der Waals surface area contributed by atoms with E-state index in [4.69, 9.17) is 23.2 Å².